The van der Waals surface area contributed by atoms with Crippen LogP contribution < -0.4 is 9.47 Å². The van der Waals surface area contributed by atoms with Crippen molar-refractivity contribution in [3.8, 4) is 11.5 Å². The Balaban J connectivity index is 1.80. The van der Waals surface area contributed by atoms with Crippen LogP contribution in [-0.4, -0.2) is 14.2 Å². The molecule has 0 amide bonds. The zero-order chi connectivity index (χ0) is 21.5. The average Bonchev–Trinajstić information content (AvgIpc) is 2.86. The molecule has 0 bridgehead atoms. The average molecular weight is 411 g/mol. The van der Waals surface area contributed by atoms with E-state index < -0.39 is 0 Å². The Labute approximate surface area is 183 Å². The number of hydrogen-bond acceptors (Lipinski definition) is 3. The molecule has 0 spiro atoms. The van der Waals surface area contributed by atoms with Crippen LogP contribution in [-0.2, 0) is 4.74 Å². The van der Waals surface area contributed by atoms with Crippen molar-refractivity contribution in [1.82, 2.24) is 0 Å². The zero-order valence-electron chi connectivity index (χ0n) is 17.8. The molecule has 0 aliphatic carbocycles. The van der Waals surface area contributed by atoms with Crippen molar-refractivity contribution in [2.24, 2.45) is 0 Å². The van der Waals surface area contributed by atoms with E-state index in [0.29, 0.717) is 0 Å². The summed E-state index contributed by atoms with van der Waals surface area (Å²) in [6.45, 7) is 0. The quantitative estimate of drug-likeness (QED) is 0.327. The molecule has 0 saturated carbocycles. The molecule has 31 heavy (non-hydrogen) atoms. The van der Waals surface area contributed by atoms with E-state index in [1.807, 2.05) is 72.8 Å². The predicted octanol–water partition coefficient (Wildman–Crippen LogP) is 6.60. The van der Waals surface area contributed by atoms with Gasteiger partial charge in [-0.3, -0.25) is 0 Å². The van der Waals surface area contributed by atoms with Crippen LogP contribution in [0.5, 0.6) is 11.5 Å². The minimum absolute atomic E-state index is 0.271. The van der Waals surface area contributed by atoms with Gasteiger partial charge in [-0.15, -0.1) is 0 Å². The van der Waals surface area contributed by atoms with Crippen LogP contribution in [0.1, 0.15) is 34.5 Å². The molecule has 2 atom stereocenters. The third kappa shape index (κ3) is 4.96. The minimum atomic E-state index is -0.271. The van der Waals surface area contributed by atoms with E-state index in [1.165, 1.54) is 0 Å². The van der Waals surface area contributed by atoms with Gasteiger partial charge in [0.2, 0.25) is 0 Å². The maximum absolute atomic E-state index is 6.88. The Morgan fingerprint density at radius 1 is 0.452 bits per heavy atom. The summed E-state index contributed by atoms with van der Waals surface area (Å²) in [4.78, 5) is 0. The molecule has 4 aromatic carbocycles. The molecular formula is C28H26O3. The molecule has 2 unspecified atom stereocenters. The summed E-state index contributed by atoms with van der Waals surface area (Å²) in [5, 5.41) is 0. The first kappa shape index (κ1) is 20.7. The maximum atomic E-state index is 6.88. The summed E-state index contributed by atoms with van der Waals surface area (Å²) >= 11 is 0. The fourth-order valence-electron chi connectivity index (χ4n) is 3.70. The van der Waals surface area contributed by atoms with Crippen molar-refractivity contribution < 1.29 is 14.2 Å². The number of benzene rings is 4. The van der Waals surface area contributed by atoms with E-state index in [0.717, 1.165) is 33.8 Å². The van der Waals surface area contributed by atoms with Gasteiger partial charge in [0.05, 0.1) is 14.2 Å². The molecule has 0 fully saturated rings. The van der Waals surface area contributed by atoms with E-state index in [1.54, 1.807) is 14.2 Å². The van der Waals surface area contributed by atoms with Crippen LogP contribution in [0.3, 0.4) is 0 Å². The van der Waals surface area contributed by atoms with E-state index in [2.05, 4.69) is 36.4 Å². The Bertz CT molecular complexity index is 1000. The molecule has 3 heteroatoms. The third-order valence-electron chi connectivity index (χ3n) is 5.27. The second kappa shape index (κ2) is 9.96. The van der Waals surface area contributed by atoms with E-state index >= 15 is 0 Å². The van der Waals surface area contributed by atoms with Gasteiger partial charge < -0.3 is 14.2 Å². The summed E-state index contributed by atoms with van der Waals surface area (Å²) < 4.78 is 17.8. The van der Waals surface area contributed by atoms with Crippen LogP contribution in [0, 0.1) is 0 Å². The highest BCUT2D eigenvalue weighted by molar-refractivity contribution is 5.38. The highest BCUT2D eigenvalue weighted by Crippen LogP contribution is 2.37. The van der Waals surface area contributed by atoms with Crippen LogP contribution in [0.25, 0.3) is 0 Å². The molecule has 0 N–H and O–H groups in total. The van der Waals surface area contributed by atoms with E-state index in [4.69, 9.17) is 14.2 Å². The Morgan fingerprint density at radius 2 is 0.839 bits per heavy atom. The van der Waals surface area contributed by atoms with Gasteiger partial charge in [0.1, 0.15) is 23.7 Å². The smallest absolute Gasteiger partial charge is 0.119 e. The molecule has 3 nitrogen and oxygen atoms in total. The fourth-order valence-corrected chi connectivity index (χ4v) is 3.70. The standard InChI is InChI=1S/C28H26O3/c1-29-25-17-9-15-23(19-25)27(21-11-5-3-6-12-21)31-28(22-13-7-4-8-14-22)24-16-10-18-26(20-24)30-2/h3-20,27-28H,1-2H3. The second-order valence-corrected chi connectivity index (χ2v) is 7.27. The lowest BCUT2D eigenvalue weighted by molar-refractivity contribution is 0.0306. The van der Waals surface area contributed by atoms with Crippen LogP contribution in [0.15, 0.2) is 109 Å². The highest BCUT2D eigenvalue weighted by Gasteiger charge is 2.24. The molecular weight excluding hydrogens is 384 g/mol. The van der Waals surface area contributed by atoms with E-state index in [9.17, 15) is 0 Å². The minimum Gasteiger partial charge on any atom is -0.497 e. The first-order valence-electron chi connectivity index (χ1n) is 10.3. The zero-order valence-corrected chi connectivity index (χ0v) is 17.8. The normalized spacial score (nSPS) is 12.7. The monoisotopic (exact) mass is 410 g/mol. The highest BCUT2D eigenvalue weighted by atomic mass is 16.5. The van der Waals surface area contributed by atoms with Gasteiger partial charge in [-0.05, 0) is 46.5 Å². The lowest BCUT2D eigenvalue weighted by atomic mass is 9.97. The molecule has 156 valence electrons. The molecule has 4 rings (SSSR count). The number of ether oxygens (including phenoxy) is 3. The molecule has 4 aromatic rings. The maximum Gasteiger partial charge on any atom is 0.119 e. The van der Waals surface area contributed by atoms with Crippen molar-refractivity contribution in [2.45, 2.75) is 12.2 Å². The summed E-state index contributed by atoms with van der Waals surface area (Å²) in [5.74, 6) is 1.61. The lowest BCUT2D eigenvalue weighted by Crippen LogP contribution is -2.13. The SMILES string of the molecule is COc1cccc(C(OC(c2ccccc2)c2cccc(OC)c2)c2ccccc2)c1. The third-order valence-corrected chi connectivity index (χ3v) is 5.27. The number of methoxy groups -OCH3 is 2. The molecule has 0 heterocycles. The Hall–Kier alpha value is -3.56. The largest absolute Gasteiger partial charge is 0.497 e. The second-order valence-electron chi connectivity index (χ2n) is 7.27. The van der Waals surface area contributed by atoms with Crippen molar-refractivity contribution in [1.29, 1.82) is 0 Å². The first-order chi connectivity index (χ1) is 15.3. The summed E-state index contributed by atoms with van der Waals surface area (Å²) in [6.07, 6.45) is -0.541. The number of hydrogen-bond donors (Lipinski definition) is 0. The van der Waals surface area contributed by atoms with Gasteiger partial charge in [0.25, 0.3) is 0 Å². The topological polar surface area (TPSA) is 27.7 Å². The van der Waals surface area contributed by atoms with Gasteiger partial charge in [0, 0.05) is 0 Å². The Morgan fingerprint density at radius 3 is 1.23 bits per heavy atom. The molecule has 0 radical (unpaired) electrons. The van der Waals surface area contributed by atoms with Gasteiger partial charge in [-0.2, -0.15) is 0 Å². The summed E-state index contributed by atoms with van der Waals surface area (Å²) in [5.41, 5.74) is 4.24. The van der Waals surface area contributed by atoms with Crippen molar-refractivity contribution in [3.05, 3.63) is 131 Å². The van der Waals surface area contributed by atoms with Crippen molar-refractivity contribution in [3.63, 3.8) is 0 Å². The molecule has 0 aliphatic heterocycles. The molecule has 0 saturated heterocycles. The Kier molecular flexibility index (Phi) is 6.65. The van der Waals surface area contributed by atoms with Gasteiger partial charge in [0.15, 0.2) is 0 Å². The summed E-state index contributed by atoms with van der Waals surface area (Å²) in [7, 11) is 3.36. The fraction of sp³-hybridized carbons (Fsp3) is 0.143. The molecule has 0 aromatic heterocycles. The van der Waals surface area contributed by atoms with E-state index in [-0.39, 0.29) is 12.2 Å². The van der Waals surface area contributed by atoms with Crippen molar-refractivity contribution >= 4 is 0 Å². The van der Waals surface area contributed by atoms with Crippen LogP contribution in [0.4, 0.5) is 0 Å². The lowest BCUT2D eigenvalue weighted by Gasteiger charge is -2.27. The van der Waals surface area contributed by atoms with Gasteiger partial charge in [-0.25, -0.2) is 0 Å². The number of rotatable bonds is 8. The van der Waals surface area contributed by atoms with Crippen LogP contribution >= 0.6 is 0 Å². The predicted molar refractivity (Wildman–Crippen MR) is 124 cm³/mol. The molecule has 0 aliphatic rings. The van der Waals surface area contributed by atoms with Gasteiger partial charge in [-0.1, -0.05) is 84.9 Å². The first-order valence-corrected chi connectivity index (χ1v) is 10.3. The summed E-state index contributed by atoms with van der Waals surface area (Å²) in [6, 6.07) is 36.7. The van der Waals surface area contributed by atoms with Gasteiger partial charge >= 0.3 is 0 Å². The van der Waals surface area contributed by atoms with Crippen molar-refractivity contribution in [2.75, 3.05) is 14.2 Å². The van der Waals surface area contributed by atoms with Crippen LogP contribution in [0.2, 0.25) is 0 Å².